The summed E-state index contributed by atoms with van der Waals surface area (Å²) in [5, 5.41) is 19.4. The number of fused-ring (bicyclic) bond motifs is 1. The van der Waals surface area contributed by atoms with Gasteiger partial charge in [0.2, 0.25) is 0 Å². The Labute approximate surface area is 153 Å². The van der Waals surface area contributed by atoms with Crippen LogP contribution in [-0.2, 0) is 13.0 Å². The maximum Gasteiger partial charge on any atom is 0.269 e. The van der Waals surface area contributed by atoms with Crippen LogP contribution in [0.25, 0.3) is 5.69 Å². The number of non-ortho nitro benzene ring substituents is 1. The molecule has 2 aliphatic heterocycles. The van der Waals surface area contributed by atoms with Crippen molar-refractivity contribution in [3.63, 3.8) is 0 Å². The first-order valence-corrected chi connectivity index (χ1v) is 9.54. The summed E-state index contributed by atoms with van der Waals surface area (Å²) < 4.78 is 1.93. The zero-order valence-electron chi connectivity index (χ0n) is 15.0. The Hall–Kier alpha value is -2.41. The molecule has 7 heteroatoms. The summed E-state index contributed by atoms with van der Waals surface area (Å²) in [6.45, 7) is 4.12. The van der Waals surface area contributed by atoms with Gasteiger partial charge in [-0.05, 0) is 57.3 Å². The summed E-state index contributed by atoms with van der Waals surface area (Å²) >= 11 is 0. The van der Waals surface area contributed by atoms with Crippen molar-refractivity contribution in [3.05, 3.63) is 45.6 Å². The SMILES string of the molecule is O=[N+]([O-])c1ccc(-n2nc(CN3CCCCC3)c3c2NCCCC3)cc1. The van der Waals surface area contributed by atoms with E-state index >= 15 is 0 Å². The van der Waals surface area contributed by atoms with Crippen LogP contribution in [0.5, 0.6) is 0 Å². The van der Waals surface area contributed by atoms with Gasteiger partial charge in [-0.3, -0.25) is 15.0 Å². The van der Waals surface area contributed by atoms with E-state index in [0.717, 1.165) is 56.2 Å². The lowest BCUT2D eigenvalue weighted by molar-refractivity contribution is -0.384. The maximum atomic E-state index is 10.9. The third-order valence-electron chi connectivity index (χ3n) is 5.34. The molecule has 2 aliphatic rings. The Morgan fingerprint density at radius 1 is 1.08 bits per heavy atom. The van der Waals surface area contributed by atoms with Crippen LogP contribution in [0.15, 0.2) is 24.3 Å². The van der Waals surface area contributed by atoms with Gasteiger partial charge in [-0.2, -0.15) is 5.10 Å². The predicted molar refractivity (Wildman–Crippen MR) is 101 cm³/mol. The average Bonchev–Trinajstić information content (AvgIpc) is 2.83. The predicted octanol–water partition coefficient (Wildman–Crippen LogP) is 3.51. The molecule has 7 nitrogen and oxygen atoms in total. The van der Waals surface area contributed by atoms with Gasteiger partial charge in [0.25, 0.3) is 5.69 Å². The first-order chi connectivity index (χ1) is 12.7. The molecule has 3 heterocycles. The molecule has 0 radical (unpaired) electrons. The lowest BCUT2D eigenvalue weighted by atomic mass is 10.1. The molecule has 4 rings (SSSR count). The average molecular weight is 355 g/mol. The van der Waals surface area contributed by atoms with Gasteiger partial charge >= 0.3 is 0 Å². The first-order valence-electron chi connectivity index (χ1n) is 9.54. The standard InChI is InChI=1S/C19H25N5O2/c25-24(26)16-9-7-15(8-10-16)23-19-17(6-2-3-11-20-19)18(21-23)14-22-12-4-1-5-13-22/h7-10,20H,1-6,11-14H2. The Morgan fingerprint density at radius 3 is 2.58 bits per heavy atom. The van der Waals surface area contributed by atoms with E-state index in [2.05, 4.69) is 10.2 Å². The number of nitro groups is 1. The molecule has 0 aliphatic carbocycles. The number of hydrogen-bond donors (Lipinski definition) is 1. The number of nitro benzene ring substituents is 1. The minimum atomic E-state index is -0.368. The van der Waals surface area contributed by atoms with E-state index in [1.807, 2.05) is 4.68 Å². The third kappa shape index (κ3) is 3.44. The number of benzene rings is 1. The highest BCUT2D eigenvalue weighted by Gasteiger charge is 2.23. The highest BCUT2D eigenvalue weighted by molar-refractivity contribution is 5.55. The van der Waals surface area contributed by atoms with Crippen LogP contribution >= 0.6 is 0 Å². The maximum absolute atomic E-state index is 10.9. The largest absolute Gasteiger partial charge is 0.370 e. The molecule has 0 unspecified atom stereocenters. The summed E-state index contributed by atoms with van der Waals surface area (Å²) in [7, 11) is 0. The quantitative estimate of drug-likeness (QED) is 0.671. The summed E-state index contributed by atoms with van der Waals surface area (Å²) in [5.74, 6) is 1.06. The fourth-order valence-corrected chi connectivity index (χ4v) is 3.93. The van der Waals surface area contributed by atoms with Crippen molar-refractivity contribution in [2.45, 2.75) is 45.1 Å². The van der Waals surface area contributed by atoms with Gasteiger partial charge in [-0.15, -0.1) is 0 Å². The van der Waals surface area contributed by atoms with Crippen LogP contribution < -0.4 is 5.32 Å². The lowest BCUT2D eigenvalue weighted by Gasteiger charge is -2.25. The second kappa shape index (κ2) is 7.45. The lowest BCUT2D eigenvalue weighted by Crippen LogP contribution is -2.29. The summed E-state index contributed by atoms with van der Waals surface area (Å²) in [6.07, 6.45) is 7.22. The normalized spacial score (nSPS) is 18.0. The molecule has 0 bridgehead atoms. The Morgan fingerprint density at radius 2 is 1.85 bits per heavy atom. The van der Waals surface area contributed by atoms with E-state index in [9.17, 15) is 10.1 Å². The molecule has 1 aromatic heterocycles. The van der Waals surface area contributed by atoms with Gasteiger partial charge in [-0.25, -0.2) is 4.68 Å². The van der Waals surface area contributed by atoms with Crippen LogP contribution in [0.1, 0.15) is 43.4 Å². The van der Waals surface area contributed by atoms with Crippen molar-refractivity contribution >= 4 is 11.5 Å². The topological polar surface area (TPSA) is 76.2 Å². The van der Waals surface area contributed by atoms with Crippen molar-refractivity contribution in [3.8, 4) is 5.69 Å². The number of nitrogens with zero attached hydrogens (tertiary/aromatic N) is 4. The number of piperidine rings is 1. The van der Waals surface area contributed by atoms with Crippen molar-refractivity contribution < 1.29 is 4.92 Å². The smallest absolute Gasteiger partial charge is 0.269 e. The molecule has 2 aromatic rings. The van der Waals surface area contributed by atoms with Crippen molar-refractivity contribution in [2.75, 3.05) is 25.0 Å². The summed E-state index contributed by atoms with van der Waals surface area (Å²) in [4.78, 5) is 13.0. The second-order valence-electron chi connectivity index (χ2n) is 7.18. The summed E-state index contributed by atoms with van der Waals surface area (Å²) in [6, 6.07) is 6.65. The monoisotopic (exact) mass is 355 g/mol. The first kappa shape index (κ1) is 17.0. The molecule has 138 valence electrons. The van der Waals surface area contributed by atoms with Crippen LogP contribution in [0.4, 0.5) is 11.5 Å². The molecule has 1 saturated heterocycles. The zero-order chi connectivity index (χ0) is 17.9. The number of rotatable bonds is 4. The number of hydrogen-bond acceptors (Lipinski definition) is 5. The van der Waals surface area contributed by atoms with Gasteiger partial charge in [0.15, 0.2) is 0 Å². The van der Waals surface area contributed by atoms with E-state index in [1.54, 1.807) is 24.3 Å². The molecule has 26 heavy (non-hydrogen) atoms. The van der Waals surface area contributed by atoms with Crippen molar-refractivity contribution in [1.82, 2.24) is 14.7 Å². The fourth-order valence-electron chi connectivity index (χ4n) is 3.93. The van der Waals surface area contributed by atoms with E-state index in [-0.39, 0.29) is 10.6 Å². The molecule has 0 spiro atoms. The highest BCUT2D eigenvalue weighted by Crippen LogP contribution is 2.30. The van der Waals surface area contributed by atoms with E-state index in [4.69, 9.17) is 5.10 Å². The molecular formula is C19H25N5O2. The molecule has 1 aromatic carbocycles. The zero-order valence-corrected chi connectivity index (χ0v) is 15.0. The van der Waals surface area contributed by atoms with Gasteiger partial charge < -0.3 is 5.32 Å². The van der Waals surface area contributed by atoms with Crippen LogP contribution in [-0.4, -0.2) is 39.2 Å². The van der Waals surface area contributed by atoms with Gasteiger partial charge in [-0.1, -0.05) is 6.42 Å². The molecule has 1 fully saturated rings. The van der Waals surface area contributed by atoms with E-state index < -0.39 is 0 Å². The summed E-state index contributed by atoms with van der Waals surface area (Å²) in [5.41, 5.74) is 3.43. The minimum absolute atomic E-state index is 0.105. The van der Waals surface area contributed by atoms with Crippen LogP contribution in [0.3, 0.4) is 0 Å². The van der Waals surface area contributed by atoms with E-state index in [0.29, 0.717) is 0 Å². The number of anilines is 1. The Kier molecular flexibility index (Phi) is 4.88. The third-order valence-corrected chi connectivity index (χ3v) is 5.34. The van der Waals surface area contributed by atoms with Crippen molar-refractivity contribution in [2.24, 2.45) is 0 Å². The van der Waals surface area contributed by atoms with Gasteiger partial charge in [0, 0.05) is 30.8 Å². The minimum Gasteiger partial charge on any atom is -0.370 e. The molecule has 0 amide bonds. The number of aromatic nitrogens is 2. The highest BCUT2D eigenvalue weighted by atomic mass is 16.6. The molecule has 0 atom stereocenters. The fraction of sp³-hybridized carbons (Fsp3) is 0.526. The van der Waals surface area contributed by atoms with E-state index in [1.165, 1.54) is 31.2 Å². The van der Waals surface area contributed by atoms with Crippen LogP contribution in [0.2, 0.25) is 0 Å². The second-order valence-corrected chi connectivity index (χ2v) is 7.18. The number of nitrogens with one attached hydrogen (secondary N) is 1. The van der Waals surface area contributed by atoms with Gasteiger partial charge in [0.1, 0.15) is 5.82 Å². The van der Waals surface area contributed by atoms with Crippen molar-refractivity contribution in [1.29, 1.82) is 0 Å². The number of likely N-dealkylation sites (tertiary alicyclic amines) is 1. The van der Waals surface area contributed by atoms with Crippen LogP contribution in [0, 0.1) is 10.1 Å². The molecule has 0 saturated carbocycles. The molecular weight excluding hydrogens is 330 g/mol. The van der Waals surface area contributed by atoms with Gasteiger partial charge in [0.05, 0.1) is 16.3 Å². The Bertz CT molecular complexity index is 778. The molecule has 1 N–H and O–H groups in total. The Balaban J connectivity index is 1.68.